The van der Waals surface area contributed by atoms with Crippen molar-refractivity contribution < 1.29 is 13.7 Å². The highest BCUT2D eigenvalue weighted by atomic mass is 16.5. The van der Waals surface area contributed by atoms with Crippen LogP contribution in [-0.2, 0) is 11.2 Å². The fourth-order valence-corrected chi connectivity index (χ4v) is 2.10. The molecule has 7 nitrogen and oxygen atoms in total. The molecule has 21 heavy (non-hydrogen) atoms. The Morgan fingerprint density at radius 2 is 2.38 bits per heavy atom. The number of amides is 1. The third kappa shape index (κ3) is 3.69. The Balaban J connectivity index is 1.43. The maximum atomic E-state index is 11.7. The van der Waals surface area contributed by atoms with Crippen molar-refractivity contribution >= 4 is 5.91 Å². The van der Waals surface area contributed by atoms with Gasteiger partial charge in [0.2, 0.25) is 17.6 Å². The lowest BCUT2D eigenvalue weighted by atomic mass is 10.2. The summed E-state index contributed by atoms with van der Waals surface area (Å²) in [5.74, 6) is 1.44. The van der Waals surface area contributed by atoms with E-state index < -0.39 is 0 Å². The number of furan rings is 1. The average Bonchev–Trinajstić information content (AvgIpc) is 3.01. The first-order valence-electron chi connectivity index (χ1n) is 7.10. The van der Waals surface area contributed by atoms with Crippen LogP contribution in [0, 0.1) is 5.92 Å². The van der Waals surface area contributed by atoms with E-state index in [1.807, 2.05) is 0 Å². The number of carbonyl (C=O) groups excluding carboxylic acids is 1. The second kappa shape index (κ2) is 6.09. The van der Waals surface area contributed by atoms with Crippen molar-refractivity contribution in [1.29, 1.82) is 0 Å². The van der Waals surface area contributed by atoms with Crippen molar-refractivity contribution in [1.82, 2.24) is 15.5 Å². The van der Waals surface area contributed by atoms with Crippen LogP contribution in [0.5, 0.6) is 0 Å². The van der Waals surface area contributed by atoms with Crippen molar-refractivity contribution in [3.8, 4) is 11.4 Å². The summed E-state index contributed by atoms with van der Waals surface area (Å²) >= 11 is 0. The minimum atomic E-state index is -0.0471. The summed E-state index contributed by atoms with van der Waals surface area (Å²) in [4.78, 5) is 15.9. The van der Waals surface area contributed by atoms with Gasteiger partial charge in [0.25, 0.3) is 0 Å². The zero-order valence-electron chi connectivity index (χ0n) is 11.6. The molecule has 1 aliphatic carbocycles. The minimum absolute atomic E-state index is 0.0471. The second-order valence-corrected chi connectivity index (χ2v) is 5.33. The molecule has 1 atom stereocenters. The zero-order chi connectivity index (χ0) is 14.7. The summed E-state index contributed by atoms with van der Waals surface area (Å²) in [5, 5.41) is 6.68. The summed E-state index contributed by atoms with van der Waals surface area (Å²) in [6.07, 6.45) is 6.16. The highest BCUT2D eigenvalue weighted by molar-refractivity contribution is 5.76. The van der Waals surface area contributed by atoms with Gasteiger partial charge in [-0.1, -0.05) is 5.16 Å². The van der Waals surface area contributed by atoms with E-state index in [4.69, 9.17) is 14.7 Å². The highest BCUT2D eigenvalue weighted by Gasteiger charge is 2.28. The number of carbonyl (C=O) groups is 1. The van der Waals surface area contributed by atoms with E-state index >= 15 is 0 Å². The third-order valence-corrected chi connectivity index (χ3v) is 3.58. The maximum Gasteiger partial charge on any atom is 0.227 e. The van der Waals surface area contributed by atoms with Crippen LogP contribution in [0.3, 0.4) is 0 Å². The Hall–Kier alpha value is -2.15. The van der Waals surface area contributed by atoms with Crippen molar-refractivity contribution in [2.24, 2.45) is 11.7 Å². The molecular weight excluding hydrogens is 272 g/mol. The van der Waals surface area contributed by atoms with Gasteiger partial charge in [-0.05, 0) is 24.8 Å². The Bertz CT molecular complexity index is 589. The Morgan fingerprint density at radius 1 is 1.52 bits per heavy atom. The summed E-state index contributed by atoms with van der Waals surface area (Å²) < 4.78 is 10.1. The number of aromatic nitrogens is 2. The average molecular weight is 290 g/mol. The third-order valence-electron chi connectivity index (χ3n) is 3.58. The SMILES string of the molecule is NC(CNC(=O)CCc1nc(-c2ccoc2)no1)C1CC1. The number of hydrogen-bond donors (Lipinski definition) is 2. The molecule has 112 valence electrons. The highest BCUT2D eigenvalue weighted by Crippen LogP contribution is 2.31. The fraction of sp³-hybridized carbons (Fsp3) is 0.500. The van der Waals surface area contributed by atoms with Crippen LogP contribution in [0.15, 0.2) is 27.5 Å². The molecule has 1 unspecified atom stereocenters. The van der Waals surface area contributed by atoms with Crippen molar-refractivity contribution in [2.75, 3.05) is 6.54 Å². The minimum Gasteiger partial charge on any atom is -0.472 e. The number of nitrogens with one attached hydrogen (secondary N) is 1. The molecule has 0 radical (unpaired) electrons. The first kappa shape index (κ1) is 13.8. The van der Waals surface area contributed by atoms with E-state index in [-0.39, 0.29) is 11.9 Å². The van der Waals surface area contributed by atoms with Crippen molar-refractivity contribution in [2.45, 2.75) is 31.7 Å². The van der Waals surface area contributed by atoms with Gasteiger partial charge in [0.05, 0.1) is 11.8 Å². The van der Waals surface area contributed by atoms with Crippen LogP contribution in [0.25, 0.3) is 11.4 Å². The molecule has 0 saturated heterocycles. The van der Waals surface area contributed by atoms with Crippen LogP contribution in [0.4, 0.5) is 0 Å². The number of nitrogens with zero attached hydrogens (tertiary/aromatic N) is 2. The Kier molecular flexibility index (Phi) is 4.01. The molecular formula is C14H18N4O3. The molecule has 1 saturated carbocycles. The van der Waals surface area contributed by atoms with E-state index in [0.717, 1.165) is 5.56 Å². The van der Waals surface area contributed by atoms with E-state index in [2.05, 4.69) is 15.5 Å². The van der Waals surface area contributed by atoms with Gasteiger partial charge < -0.3 is 20.0 Å². The lowest BCUT2D eigenvalue weighted by molar-refractivity contribution is -0.121. The first-order valence-corrected chi connectivity index (χ1v) is 7.10. The number of hydrogen-bond acceptors (Lipinski definition) is 6. The predicted octanol–water partition coefficient (Wildman–Crippen LogP) is 1.12. The Morgan fingerprint density at radius 3 is 3.10 bits per heavy atom. The molecule has 1 amide bonds. The van der Waals surface area contributed by atoms with E-state index in [1.165, 1.54) is 12.8 Å². The van der Waals surface area contributed by atoms with E-state index in [9.17, 15) is 4.79 Å². The lowest BCUT2D eigenvalue weighted by Crippen LogP contribution is -2.38. The van der Waals surface area contributed by atoms with Gasteiger partial charge in [-0.3, -0.25) is 4.79 Å². The molecule has 0 bridgehead atoms. The van der Waals surface area contributed by atoms with Crippen LogP contribution in [0.1, 0.15) is 25.2 Å². The smallest absolute Gasteiger partial charge is 0.227 e. The zero-order valence-corrected chi connectivity index (χ0v) is 11.6. The van der Waals surface area contributed by atoms with Gasteiger partial charge in [-0.15, -0.1) is 0 Å². The normalized spacial score (nSPS) is 15.9. The molecule has 0 aliphatic heterocycles. The van der Waals surface area contributed by atoms with E-state index in [1.54, 1.807) is 18.6 Å². The maximum absolute atomic E-state index is 11.7. The molecule has 3 N–H and O–H groups in total. The van der Waals surface area contributed by atoms with Crippen LogP contribution in [0.2, 0.25) is 0 Å². The standard InChI is InChI=1S/C14H18N4O3/c15-11(9-1-2-9)7-16-12(19)3-4-13-17-14(18-21-13)10-5-6-20-8-10/h5-6,8-9,11H,1-4,7,15H2,(H,16,19). The van der Waals surface area contributed by atoms with Gasteiger partial charge >= 0.3 is 0 Å². The van der Waals surface area contributed by atoms with Crippen molar-refractivity contribution in [3.63, 3.8) is 0 Å². The van der Waals surface area contributed by atoms with Crippen LogP contribution < -0.4 is 11.1 Å². The van der Waals surface area contributed by atoms with Crippen LogP contribution in [-0.4, -0.2) is 28.6 Å². The number of rotatable bonds is 7. The number of nitrogens with two attached hydrogens (primary N) is 1. The van der Waals surface area contributed by atoms with Gasteiger partial charge in [-0.2, -0.15) is 4.98 Å². The second-order valence-electron chi connectivity index (χ2n) is 5.33. The molecule has 2 heterocycles. The lowest BCUT2D eigenvalue weighted by Gasteiger charge is -2.10. The molecule has 7 heteroatoms. The van der Waals surface area contributed by atoms with Crippen molar-refractivity contribution in [3.05, 3.63) is 24.5 Å². The van der Waals surface area contributed by atoms with Crippen LogP contribution >= 0.6 is 0 Å². The van der Waals surface area contributed by atoms with Gasteiger partial charge in [0.15, 0.2) is 0 Å². The Labute approximate surface area is 121 Å². The summed E-state index contributed by atoms with van der Waals surface area (Å²) in [7, 11) is 0. The topological polar surface area (TPSA) is 107 Å². The monoisotopic (exact) mass is 290 g/mol. The van der Waals surface area contributed by atoms with E-state index in [0.29, 0.717) is 37.0 Å². The van der Waals surface area contributed by atoms with Gasteiger partial charge in [-0.25, -0.2) is 0 Å². The molecule has 0 aromatic carbocycles. The summed E-state index contributed by atoms with van der Waals surface area (Å²) in [6.45, 7) is 0.535. The molecule has 2 aromatic rings. The fourth-order valence-electron chi connectivity index (χ4n) is 2.10. The predicted molar refractivity (Wildman–Crippen MR) is 74.0 cm³/mol. The summed E-state index contributed by atoms with van der Waals surface area (Å²) in [5.41, 5.74) is 6.68. The number of aryl methyl sites for hydroxylation is 1. The molecule has 1 fully saturated rings. The summed E-state index contributed by atoms with van der Waals surface area (Å²) in [6, 6.07) is 1.82. The largest absolute Gasteiger partial charge is 0.472 e. The quantitative estimate of drug-likeness (QED) is 0.791. The molecule has 3 rings (SSSR count). The molecule has 2 aromatic heterocycles. The molecule has 1 aliphatic rings. The first-order chi connectivity index (χ1) is 10.2. The molecule has 0 spiro atoms. The van der Waals surface area contributed by atoms with Gasteiger partial charge in [0, 0.05) is 25.4 Å². The van der Waals surface area contributed by atoms with Gasteiger partial charge in [0.1, 0.15) is 6.26 Å².